The van der Waals surface area contributed by atoms with Gasteiger partial charge in [-0.15, -0.1) is 0 Å². The van der Waals surface area contributed by atoms with E-state index >= 15 is 0 Å². The Kier molecular flexibility index (Phi) is 1.89. The summed E-state index contributed by atoms with van der Waals surface area (Å²) < 4.78 is 2.20. The smallest absolute Gasteiger partial charge is 0.407 e. The van der Waals surface area contributed by atoms with Crippen molar-refractivity contribution in [2.24, 2.45) is 0 Å². The number of amides is 1. The van der Waals surface area contributed by atoms with Crippen LogP contribution in [0, 0.1) is 0 Å². The summed E-state index contributed by atoms with van der Waals surface area (Å²) in [7, 11) is 0. The van der Waals surface area contributed by atoms with E-state index in [1.165, 1.54) is 15.8 Å². The van der Waals surface area contributed by atoms with Gasteiger partial charge in [0.25, 0.3) is 0 Å². The monoisotopic (exact) mass is 216 g/mol. The highest BCUT2D eigenvalue weighted by molar-refractivity contribution is 5.81. The quantitative estimate of drug-likeness (QED) is 0.733. The lowest BCUT2D eigenvalue weighted by Crippen LogP contribution is -2.36. The molecule has 1 aromatic heterocycles. The van der Waals surface area contributed by atoms with Crippen LogP contribution >= 0.6 is 0 Å². The fourth-order valence-electron chi connectivity index (χ4n) is 2.32. The van der Waals surface area contributed by atoms with Crippen LogP contribution in [0.5, 0.6) is 0 Å². The molecule has 2 heterocycles. The van der Waals surface area contributed by atoms with Gasteiger partial charge < -0.3 is 14.6 Å². The highest BCUT2D eigenvalue weighted by Crippen LogP contribution is 2.23. The summed E-state index contributed by atoms with van der Waals surface area (Å²) in [6, 6.07) is 10.2. The summed E-state index contributed by atoms with van der Waals surface area (Å²) >= 11 is 0. The van der Waals surface area contributed by atoms with E-state index in [-0.39, 0.29) is 0 Å². The Bertz CT molecular complexity index is 559. The van der Waals surface area contributed by atoms with Crippen LogP contribution in [0.3, 0.4) is 0 Å². The van der Waals surface area contributed by atoms with Crippen molar-refractivity contribution in [1.29, 1.82) is 0 Å². The normalized spacial score (nSPS) is 15.1. The second-order valence-corrected chi connectivity index (χ2v) is 4.05. The van der Waals surface area contributed by atoms with Crippen LogP contribution in [0.15, 0.2) is 30.3 Å². The van der Waals surface area contributed by atoms with E-state index in [2.05, 4.69) is 22.8 Å². The van der Waals surface area contributed by atoms with Crippen molar-refractivity contribution >= 4 is 17.0 Å². The van der Waals surface area contributed by atoms with Gasteiger partial charge in [0.2, 0.25) is 0 Å². The van der Waals surface area contributed by atoms with E-state index in [0.717, 1.165) is 12.2 Å². The number of nitrogens with zero attached hydrogens (tertiary/aromatic N) is 2. The predicted octanol–water partition coefficient (Wildman–Crippen LogP) is 2.13. The molecule has 0 saturated carbocycles. The van der Waals surface area contributed by atoms with E-state index in [0.29, 0.717) is 13.1 Å². The van der Waals surface area contributed by atoms with E-state index in [9.17, 15) is 4.79 Å². The first-order valence-corrected chi connectivity index (χ1v) is 5.31. The van der Waals surface area contributed by atoms with E-state index < -0.39 is 6.09 Å². The van der Waals surface area contributed by atoms with Crippen molar-refractivity contribution in [3.8, 4) is 0 Å². The third-order valence-electron chi connectivity index (χ3n) is 3.11. The lowest BCUT2D eigenvalue weighted by Gasteiger charge is -2.26. The lowest BCUT2D eigenvalue weighted by atomic mass is 10.2. The molecular weight excluding hydrogens is 204 g/mol. The fraction of sp³-hybridized carbons (Fsp3) is 0.250. The molecule has 0 spiro atoms. The number of rotatable bonds is 0. The molecule has 16 heavy (non-hydrogen) atoms. The summed E-state index contributed by atoms with van der Waals surface area (Å²) in [6.45, 7) is 1.81. The summed E-state index contributed by atoms with van der Waals surface area (Å²) in [5.74, 6) is 0. The molecule has 0 bridgehead atoms. The molecule has 3 rings (SSSR count). The second kappa shape index (κ2) is 3.27. The average Bonchev–Trinajstić information content (AvgIpc) is 2.66. The van der Waals surface area contributed by atoms with Crippen molar-refractivity contribution in [3.05, 3.63) is 36.0 Å². The van der Waals surface area contributed by atoms with Gasteiger partial charge in [0.05, 0.1) is 6.54 Å². The van der Waals surface area contributed by atoms with Crippen molar-refractivity contribution in [1.82, 2.24) is 9.47 Å². The summed E-state index contributed by atoms with van der Waals surface area (Å²) in [5.41, 5.74) is 2.28. The van der Waals surface area contributed by atoms with Gasteiger partial charge in [-0.1, -0.05) is 18.2 Å². The van der Waals surface area contributed by atoms with Crippen molar-refractivity contribution in [3.63, 3.8) is 0 Å². The van der Waals surface area contributed by atoms with Crippen LogP contribution in [0.1, 0.15) is 5.69 Å². The Hall–Kier alpha value is -1.97. The minimum atomic E-state index is -0.837. The van der Waals surface area contributed by atoms with Crippen LogP contribution < -0.4 is 0 Å². The number of fused-ring (bicyclic) bond motifs is 3. The Labute approximate surface area is 92.7 Å². The van der Waals surface area contributed by atoms with Gasteiger partial charge in [-0.3, -0.25) is 0 Å². The Morgan fingerprint density at radius 1 is 1.25 bits per heavy atom. The summed E-state index contributed by atoms with van der Waals surface area (Å²) in [4.78, 5) is 12.3. The Morgan fingerprint density at radius 2 is 2.06 bits per heavy atom. The Balaban J connectivity index is 2.09. The molecule has 0 radical (unpaired) electrons. The number of hydrogen-bond donors (Lipinski definition) is 1. The fourth-order valence-corrected chi connectivity index (χ4v) is 2.32. The van der Waals surface area contributed by atoms with Gasteiger partial charge in [-0.2, -0.15) is 0 Å². The first kappa shape index (κ1) is 9.27. The molecule has 1 amide bonds. The van der Waals surface area contributed by atoms with Crippen LogP contribution in [0.4, 0.5) is 4.79 Å². The van der Waals surface area contributed by atoms with Crippen molar-refractivity contribution < 1.29 is 9.90 Å². The van der Waals surface area contributed by atoms with E-state index in [1.54, 1.807) is 0 Å². The molecule has 0 fully saturated rings. The molecule has 0 saturated heterocycles. The molecular formula is C12H12N2O2. The Morgan fingerprint density at radius 3 is 2.88 bits per heavy atom. The van der Waals surface area contributed by atoms with Gasteiger partial charge >= 0.3 is 6.09 Å². The van der Waals surface area contributed by atoms with Gasteiger partial charge in [0, 0.05) is 24.3 Å². The molecule has 82 valence electrons. The topological polar surface area (TPSA) is 45.5 Å². The molecule has 4 nitrogen and oxygen atoms in total. The van der Waals surface area contributed by atoms with Crippen LogP contribution in [0.2, 0.25) is 0 Å². The number of hydrogen-bond acceptors (Lipinski definition) is 1. The molecule has 0 atom stereocenters. The summed E-state index contributed by atoms with van der Waals surface area (Å²) in [6.07, 6.45) is -0.837. The first-order chi connectivity index (χ1) is 7.75. The molecule has 1 aromatic carbocycles. The summed E-state index contributed by atoms with van der Waals surface area (Å²) in [5, 5.41) is 10.1. The standard InChI is InChI=1S/C12H12N2O2/c15-12(16)13-5-6-14-10(8-13)7-9-3-1-2-4-11(9)14/h1-4,7H,5-6,8H2,(H,15,16). The van der Waals surface area contributed by atoms with Crippen LogP contribution in [-0.2, 0) is 13.1 Å². The van der Waals surface area contributed by atoms with Crippen LogP contribution in [0.25, 0.3) is 10.9 Å². The molecule has 2 aromatic rings. The van der Waals surface area contributed by atoms with E-state index in [4.69, 9.17) is 5.11 Å². The highest BCUT2D eigenvalue weighted by atomic mass is 16.4. The third-order valence-corrected chi connectivity index (χ3v) is 3.11. The van der Waals surface area contributed by atoms with Gasteiger partial charge in [0.15, 0.2) is 0 Å². The maximum absolute atomic E-state index is 10.9. The molecule has 1 N–H and O–H groups in total. The number of carbonyl (C=O) groups is 1. The average molecular weight is 216 g/mol. The SMILES string of the molecule is O=C(O)N1CCn2c(cc3ccccc32)C1. The van der Waals surface area contributed by atoms with Gasteiger partial charge in [-0.25, -0.2) is 4.79 Å². The highest BCUT2D eigenvalue weighted by Gasteiger charge is 2.21. The molecule has 1 aliphatic rings. The van der Waals surface area contributed by atoms with Crippen LogP contribution in [-0.4, -0.2) is 27.2 Å². The molecule has 0 unspecified atom stereocenters. The predicted molar refractivity (Wildman–Crippen MR) is 60.4 cm³/mol. The van der Waals surface area contributed by atoms with Crippen molar-refractivity contribution in [2.75, 3.05) is 6.54 Å². The van der Waals surface area contributed by atoms with Gasteiger partial charge in [0.1, 0.15) is 0 Å². The van der Waals surface area contributed by atoms with Gasteiger partial charge in [-0.05, 0) is 17.5 Å². The maximum Gasteiger partial charge on any atom is 0.407 e. The molecule has 4 heteroatoms. The zero-order chi connectivity index (χ0) is 11.1. The maximum atomic E-state index is 10.9. The second-order valence-electron chi connectivity index (χ2n) is 4.05. The lowest BCUT2D eigenvalue weighted by molar-refractivity contribution is 0.133. The number of carboxylic acid groups (broad SMARTS) is 1. The van der Waals surface area contributed by atoms with Crippen molar-refractivity contribution in [2.45, 2.75) is 13.1 Å². The number of benzene rings is 1. The largest absolute Gasteiger partial charge is 0.465 e. The third kappa shape index (κ3) is 1.26. The minimum Gasteiger partial charge on any atom is -0.465 e. The zero-order valence-corrected chi connectivity index (χ0v) is 8.76. The van der Waals surface area contributed by atoms with E-state index in [1.807, 2.05) is 12.1 Å². The first-order valence-electron chi connectivity index (χ1n) is 5.31. The number of aromatic nitrogens is 1. The minimum absolute atomic E-state index is 0.490. The number of para-hydroxylation sites is 1. The zero-order valence-electron chi connectivity index (χ0n) is 8.76. The molecule has 1 aliphatic heterocycles. The molecule has 0 aliphatic carbocycles.